The number of hydrogen-bond donors (Lipinski definition) is 2. The quantitative estimate of drug-likeness (QED) is 0.804. The van der Waals surface area contributed by atoms with Gasteiger partial charge in [-0.05, 0) is 32.9 Å². The van der Waals surface area contributed by atoms with Crippen LogP contribution in [0.3, 0.4) is 0 Å². The van der Waals surface area contributed by atoms with Crippen molar-refractivity contribution in [2.75, 3.05) is 12.4 Å². The number of amides is 1. The lowest BCUT2D eigenvalue weighted by Crippen LogP contribution is -2.27. The summed E-state index contributed by atoms with van der Waals surface area (Å²) in [6, 6.07) is 3.93. The van der Waals surface area contributed by atoms with Crippen LogP contribution in [0, 0.1) is 0 Å². The maximum atomic E-state index is 11.6. The molecule has 1 amide bonds. The maximum Gasteiger partial charge on any atom is 0.412 e. The molecule has 1 aromatic rings. The minimum atomic E-state index is -0.719. The molecule has 0 aliphatic heterocycles. The molecule has 0 saturated carbocycles. The van der Waals surface area contributed by atoms with Crippen molar-refractivity contribution >= 4 is 17.7 Å². The van der Waals surface area contributed by atoms with Crippen LogP contribution in [0.4, 0.5) is 10.5 Å². The second-order valence-electron chi connectivity index (χ2n) is 4.85. The molecule has 6 nitrogen and oxygen atoms in total. The molecule has 0 unspecified atom stereocenters. The fraction of sp³-hybridized carbons (Fsp3) is 0.385. The number of ether oxygens (including phenoxy) is 2. The summed E-state index contributed by atoms with van der Waals surface area (Å²) in [5, 5.41) is 11.8. The predicted octanol–water partition coefficient (Wildman–Crippen LogP) is 2.53. The van der Waals surface area contributed by atoms with Gasteiger partial charge in [0.05, 0.1) is 18.4 Å². The van der Waals surface area contributed by atoms with Gasteiger partial charge < -0.3 is 14.6 Å². The Morgan fingerprint density at radius 1 is 1.26 bits per heavy atom. The fourth-order valence-electron chi connectivity index (χ4n) is 1.34. The first-order valence-corrected chi connectivity index (χ1v) is 5.64. The minimum Gasteiger partial charge on any atom is -0.508 e. The summed E-state index contributed by atoms with van der Waals surface area (Å²) in [7, 11) is 1.23. The average molecular weight is 267 g/mol. The lowest BCUT2D eigenvalue weighted by molar-refractivity contribution is 0.0602. The van der Waals surface area contributed by atoms with Crippen molar-refractivity contribution < 1.29 is 24.2 Å². The molecule has 0 fully saturated rings. The number of carbonyl (C=O) groups is 2. The molecule has 0 atom stereocenters. The molecule has 19 heavy (non-hydrogen) atoms. The van der Waals surface area contributed by atoms with E-state index in [0.29, 0.717) is 0 Å². The molecule has 1 rings (SSSR count). The first-order valence-electron chi connectivity index (χ1n) is 5.64. The van der Waals surface area contributed by atoms with Gasteiger partial charge in [0.1, 0.15) is 11.4 Å². The van der Waals surface area contributed by atoms with Gasteiger partial charge in [-0.1, -0.05) is 0 Å². The lowest BCUT2D eigenvalue weighted by atomic mass is 10.1. The van der Waals surface area contributed by atoms with Crippen LogP contribution in [0.5, 0.6) is 5.75 Å². The highest BCUT2D eigenvalue weighted by atomic mass is 16.6. The Kier molecular flexibility index (Phi) is 4.37. The number of hydrogen-bond acceptors (Lipinski definition) is 5. The normalized spacial score (nSPS) is 10.7. The molecule has 0 saturated heterocycles. The van der Waals surface area contributed by atoms with Crippen LogP contribution < -0.4 is 5.32 Å². The highest BCUT2D eigenvalue weighted by Crippen LogP contribution is 2.23. The molecule has 6 heteroatoms. The Balaban J connectivity index is 2.96. The second-order valence-corrected chi connectivity index (χ2v) is 4.85. The highest BCUT2D eigenvalue weighted by Gasteiger charge is 2.19. The van der Waals surface area contributed by atoms with E-state index in [0.717, 1.165) is 0 Å². The van der Waals surface area contributed by atoms with Gasteiger partial charge in [0.25, 0.3) is 0 Å². The summed E-state index contributed by atoms with van der Waals surface area (Å²) in [5.41, 5.74) is -0.404. The van der Waals surface area contributed by atoms with E-state index in [4.69, 9.17) is 4.74 Å². The molecule has 0 bridgehead atoms. The summed E-state index contributed by atoms with van der Waals surface area (Å²) in [5.74, 6) is -0.704. The summed E-state index contributed by atoms with van der Waals surface area (Å²) in [6.07, 6.45) is -0.719. The zero-order valence-corrected chi connectivity index (χ0v) is 11.3. The van der Waals surface area contributed by atoms with Crippen LogP contribution >= 0.6 is 0 Å². The van der Waals surface area contributed by atoms with Crippen molar-refractivity contribution in [2.45, 2.75) is 26.4 Å². The zero-order chi connectivity index (χ0) is 14.6. The van der Waals surface area contributed by atoms with E-state index in [1.165, 1.54) is 25.3 Å². The largest absolute Gasteiger partial charge is 0.508 e. The van der Waals surface area contributed by atoms with Gasteiger partial charge in [-0.3, -0.25) is 5.32 Å². The van der Waals surface area contributed by atoms with Crippen molar-refractivity contribution in [3.63, 3.8) is 0 Å². The number of carbonyl (C=O) groups excluding carboxylic acids is 2. The Bertz CT molecular complexity index is 490. The molecule has 0 radical (unpaired) electrons. The Morgan fingerprint density at radius 2 is 1.89 bits per heavy atom. The maximum absolute atomic E-state index is 11.6. The first-order chi connectivity index (χ1) is 8.73. The number of phenols is 1. The summed E-state index contributed by atoms with van der Waals surface area (Å²) >= 11 is 0. The van der Waals surface area contributed by atoms with E-state index < -0.39 is 17.7 Å². The van der Waals surface area contributed by atoms with E-state index in [2.05, 4.69) is 10.1 Å². The third-order valence-corrected chi connectivity index (χ3v) is 2.04. The lowest BCUT2D eigenvalue weighted by Gasteiger charge is -2.20. The van der Waals surface area contributed by atoms with Crippen molar-refractivity contribution in [3.05, 3.63) is 23.8 Å². The third kappa shape index (κ3) is 4.50. The minimum absolute atomic E-state index is 0.0845. The summed E-state index contributed by atoms with van der Waals surface area (Å²) in [6.45, 7) is 5.16. The first kappa shape index (κ1) is 14.8. The number of phenolic OH excluding ortho intramolecular Hbond substituents is 1. The Labute approximate surface area is 111 Å². The smallest absolute Gasteiger partial charge is 0.412 e. The standard InChI is InChI=1S/C13H17NO5/c1-13(2,3)19-12(17)14-10-7-8(15)5-6-9(10)11(16)18-4/h5-7,15H,1-4H3,(H,14,17). The highest BCUT2D eigenvalue weighted by molar-refractivity contribution is 6.00. The van der Waals surface area contributed by atoms with Crippen LogP contribution in [0.2, 0.25) is 0 Å². The summed E-state index contributed by atoms with van der Waals surface area (Å²) < 4.78 is 9.65. The van der Waals surface area contributed by atoms with Gasteiger partial charge in [-0.15, -0.1) is 0 Å². The number of esters is 1. The van der Waals surface area contributed by atoms with E-state index in [9.17, 15) is 14.7 Å². The molecule has 2 N–H and O–H groups in total. The molecular formula is C13H17NO5. The molecule has 0 aromatic heterocycles. The molecule has 0 heterocycles. The monoisotopic (exact) mass is 267 g/mol. The number of aromatic hydroxyl groups is 1. The molecule has 104 valence electrons. The number of anilines is 1. The zero-order valence-electron chi connectivity index (χ0n) is 11.3. The van der Waals surface area contributed by atoms with Crippen LogP contribution in [0.25, 0.3) is 0 Å². The molecule has 0 aliphatic carbocycles. The average Bonchev–Trinajstić information content (AvgIpc) is 2.25. The predicted molar refractivity (Wildman–Crippen MR) is 69.3 cm³/mol. The molecule has 0 aliphatic rings. The molecular weight excluding hydrogens is 250 g/mol. The van der Waals surface area contributed by atoms with Gasteiger partial charge in [-0.2, -0.15) is 0 Å². The van der Waals surface area contributed by atoms with Crippen molar-refractivity contribution in [1.82, 2.24) is 0 Å². The third-order valence-electron chi connectivity index (χ3n) is 2.04. The number of methoxy groups -OCH3 is 1. The number of benzene rings is 1. The van der Waals surface area contributed by atoms with Gasteiger partial charge in [0.2, 0.25) is 0 Å². The topological polar surface area (TPSA) is 84.9 Å². The Hall–Kier alpha value is -2.24. The molecule has 1 aromatic carbocycles. The number of rotatable bonds is 2. The van der Waals surface area contributed by atoms with Gasteiger partial charge in [0, 0.05) is 6.07 Å². The van der Waals surface area contributed by atoms with Gasteiger partial charge in [0.15, 0.2) is 0 Å². The fourth-order valence-corrected chi connectivity index (χ4v) is 1.34. The second kappa shape index (κ2) is 5.60. The summed E-state index contributed by atoms with van der Waals surface area (Å²) in [4.78, 5) is 23.2. The molecule has 0 spiro atoms. The van der Waals surface area contributed by atoms with E-state index in [-0.39, 0.29) is 17.0 Å². The van der Waals surface area contributed by atoms with Crippen LogP contribution in [0.1, 0.15) is 31.1 Å². The van der Waals surface area contributed by atoms with Crippen LogP contribution in [0.15, 0.2) is 18.2 Å². The van der Waals surface area contributed by atoms with E-state index >= 15 is 0 Å². The SMILES string of the molecule is COC(=O)c1ccc(O)cc1NC(=O)OC(C)(C)C. The van der Waals surface area contributed by atoms with E-state index in [1.807, 2.05) is 0 Å². The van der Waals surface area contributed by atoms with E-state index in [1.54, 1.807) is 20.8 Å². The Morgan fingerprint density at radius 3 is 2.42 bits per heavy atom. The van der Waals surface area contributed by atoms with Crippen LogP contribution in [-0.4, -0.2) is 29.9 Å². The van der Waals surface area contributed by atoms with Crippen molar-refractivity contribution in [1.29, 1.82) is 0 Å². The van der Waals surface area contributed by atoms with Crippen molar-refractivity contribution in [3.8, 4) is 5.75 Å². The van der Waals surface area contributed by atoms with Crippen molar-refractivity contribution in [2.24, 2.45) is 0 Å². The van der Waals surface area contributed by atoms with Gasteiger partial charge >= 0.3 is 12.1 Å². The van der Waals surface area contributed by atoms with Gasteiger partial charge in [-0.25, -0.2) is 9.59 Å². The number of nitrogens with one attached hydrogen (secondary N) is 1. The van der Waals surface area contributed by atoms with Crippen LogP contribution in [-0.2, 0) is 9.47 Å².